The summed E-state index contributed by atoms with van der Waals surface area (Å²) in [5.41, 5.74) is 0.981. The lowest BCUT2D eigenvalue weighted by molar-refractivity contribution is -0.145. The molecule has 2 rings (SSSR count). The van der Waals surface area contributed by atoms with Gasteiger partial charge in [0, 0.05) is 11.5 Å². The number of likely N-dealkylation sites (tertiary alicyclic amines) is 1. The largest absolute Gasteiger partial charge is 0.380 e. The van der Waals surface area contributed by atoms with E-state index in [9.17, 15) is 0 Å². The molecule has 0 amide bonds. The van der Waals surface area contributed by atoms with Crippen LogP contribution >= 0.6 is 0 Å². The smallest absolute Gasteiger partial charge is 0.0545 e. The first-order valence-corrected chi connectivity index (χ1v) is 6.25. The lowest BCUT2D eigenvalue weighted by Crippen LogP contribution is -2.54. The number of ether oxygens (including phenoxy) is 1. The number of hydrogen-bond acceptors (Lipinski definition) is 2. The third-order valence-corrected chi connectivity index (χ3v) is 4.48. The lowest BCUT2D eigenvalue weighted by atomic mass is 9.75. The average molecular weight is 211 g/mol. The molecule has 0 aromatic carbocycles. The molecule has 2 nitrogen and oxygen atoms in total. The fourth-order valence-corrected chi connectivity index (χ4v) is 2.61. The van der Waals surface area contributed by atoms with Crippen molar-refractivity contribution >= 4 is 0 Å². The molecule has 15 heavy (non-hydrogen) atoms. The van der Waals surface area contributed by atoms with E-state index in [2.05, 4.69) is 32.6 Å². The maximum Gasteiger partial charge on any atom is 0.0545 e. The number of nitrogens with zero attached hydrogens (tertiary/aromatic N) is 1. The van der Waals surface area contributed by atoms with E-state index in [0.29, 0.717) is 16.9 Å². The first kappa shape index (κ1) is 11.4. The van der Waals surface area contributed by atoms with Crippen molar-refractivity contribution in [1.82, 2.24) is 4.90 Å². The van der Waals surface area contributed by atoms with Crippen molar-refractivity contribution in [3.8, 4) is 0 Å². The molecule has 0 bridgehead atoms. The molecule has 2 heterocycles. The van der Waals surface area contributed by atoms with Crippen molar-refractivity contribution in [3.63, 3.8) is 0 Å². The van der Waals surface area contributed by atoms with Gasteiger partial charge in [-0.05, 0) is 38.3 Å². The van der Waals surface area contributed by atoms with E-state index in [0.717, 1.165) is 13.2 Å². The molecule has 2 fully saturated rings. The van der Waals surface area contributed by atoms with Crippen LogP contribution in [0.1, 0.15) is 40.5 Å². The Hall–Kier alpha value is -0.0800. The summed E-state index contributed by atoms with van der Waals surface area (Å²) in [5, 5.41) is 0. The van der Waals surface area contributed by atoms with Crippen LogP contribution in [0, 0.1) is 10.8 Å². The maximum absolute atomic E-state index is 5.36. The standard InChI is InChI=1S/C13H25NO/c1-11(12(2,3)4)14-7-5-13(6-8-14)9-15-10-13/h11H,5-10H2,1-4H3. The van der Waals surface area contributed by atoms with Crippen LogP contribution in [-0.4, -0.2) is 37.2 Å². The summed E-state index contributed by atoms with van der Waals surface area (Å²) in [7, 11) is 0. The molecule has 2 aliphatic heterocycles. The van der Waals surface area contributed by atoms with Crippen molar-refractivity contribution in [2.24, 2.45) is 10.8 Å². The van der Waals surface area contributed by atoms with Crippen LogP contribution < -0.4 is 0 Å². The molecule has 2 aliphatic rings. The number of hydrogen-bond donors (Lipinski definition) is 0. The van der Waals surface area contributed by atoms with Crippen molar-refractivity contribution in [2.45, 2.75) is 46.6 Å². The third-order valence-electron chi connectivity index (χ3n) is 4.48. The number of piperidine rings is 1. The maximum atomic E-state index is 5.36. The molecule has 1 unspecified atom stereocenters. The van der Waals surface area contributed by atoms with Gasteiger partial charge in [-0.25, -0.2) is 0 Å². The monoisotopic (exact) mass is 211 g/mol. The highest BCUT2D eigenvalue weighted by molar-refractivity contribution is 4.93. The molecule has 0 aliphatic carbocycles. The Balaban J connectivity index is 1.87. The predicted molar refractivity (Wildman–Crippen MR) is 63.0 cm³/mol. The van der Waals surface area contributed by atoms with Crippen LogP contribution in [-0.2, 0) is 4.74 Å². The Morgan fingerprint density at radius 2 is 1.67 bits per heavy atom. The van der Waals surface area contributed by atoms with Gasteiger partial charge >= 0.3 is 0 Å². The second-order valence-electron chi connectivity index (χ2n) is 6.57. The van der Waals surface area contributed by atoms with E-state index in [1.165, 1.54) is 25.9 Å². The van der Waals surface area contributed by atoms with Crippen molar-refractivity contribution < 1.29 is 4.74 Å². The SMILES string of the molecule is CC(N1CCC2(CC1)COC2)C(C)(C)C. The fourth-order valence-electron chi connectivity index (χ4n) is 2.61. The summed E-state index contributed by atoms with van der Waals surface area (Å²) in [4.78, 5) is 2.66. The molecular formula is C13H25NO. The Bertz CT molecular complexity index is 217. The Labute approximate surface area is 94.0 Å². The highest BCUT2D eigenvalue weighted by atomic mass is 16.5. The summed E-state index contributed by atoms with van der Waals surface area (Å²) in [6, 6.07) is 0.691. The zero-order chi connectivity index (χ0) is 11.1. The van der Waals surface area contributed by atoms with Crippen LogP contribution in [0.4, 0.5) is 0 Å². The van der Waals surface area contributed by atoms with Crippen LogP contribution in [0.25, 0.3) is 0 Å². The second-order valence-corrected chi connectivity index (χ2v) is 6.57. The van der Waals surface area contributed by atoms with Crippen molar-refractivity contribution in [2.75, 3.05) is 26.3 Å². The van der Waals surface area contributed by atoms with E-state index in [4.69, 9.17) is 4.74 Å². The van der Waals surface area contributed by atoms with E-state index in [1.807, 2.05) is 0 Å². The van der Waals surface area contributed by atoms with Gasteiger partial charge < -0.3 is 9.64 Å². The van der Waals surface area contributed by atoms with Gasteiger partial charge in [0.1, 0.15) is 0 Å². The zero-order valence-electron chi connectivity index (χ0n) is 10.7. The van der Waals surface area contributed by atoms with Gasteiger partial charge in [-0.2, -0.15) is 0 Å². The van der Waals surface area contributed by atoms with Gasteiger partial charge in [0.2, 0.25) is 0 Å². The van der Waals surface area contributed by atoms with Crippen LogP contribution in [0.2, 0.25) is 0 Å². The Morgan fingerprint density at radius 3 is 2.00 bits per heavy atom. The Kier molecular flexibility index (Phi) is 2.85. The summed E-state index contributed by atoms with van der Waals surface area (Å²) < 4.78 is 5.36. The highest BCUT2D eigenvalue weighted by Crippen LogP contribution is 2.40. The molecule has 2 heteroatoms. The minimum Gasteiger partial charge on any atom is -0.380 e. The van der Waals surface area contributed by atoms with Gasteiger partial charge in [-0.1, -0.05) is 20.8 Å². The molecular weight excluding hydrogens is 186 g/mol. The average Bonchev–Trinajstić information content (AvgIpc) is 2.13. The van der Waals surface area contributed by atoms with Crippen LogP contribution in [0.15, 0.2) is 0 Å². The molecule has 0 aromatic heterocycles. The van der Waals surface area contributed by atoms with Gasteiger partial charge in [0.05, 0.1) is 13.2 Å². The molecule has 0 aromatic rings. The molecule has 1 atom stereocenters. The fraction of sp³-hybridized carbons (Fsp3) is 1.00. The van der Waals surface area contributed by atoms with E-state index in [1.54, 1.807) is 0 Å². The minimum absolute atomic E-state index is 0.403. The van der Waals surface area contributed by atoms with Crippen molar-refractivity contribution in [3.05, 3.63) is 0 Å². The van der Waals surface area contributed by atoms with Crippen LogP contribution in [0.5, 0.6) is 0 Å². The lowest BCUT2D eigenvalue weighted by Gasteiger charge is -2.50. The van der Waals surface area contributed by atoms with Gasteiger partial charge in [0.15, 0.2) is 0 Å². The molecule has 0 saturated carbocycles. The summed E-state index contributed by atoms with van der Waals surface area (Å²) >= 11 is 0. The zero-order valence-corrected chi connectivity index (χ0v) is 10.7. The van der Waals surface area contributed by atoms with Gasteiger partial charge in [-0.3, -0.25) is 0 Å². The predicted octanol–water partition coefficient (Wildman–Crippen LogP) is 2.53. The first-order chi connectivity index (χ1) is 6.93. The summed E-state index contributed by atoms with van der Waals surface area (Å²) in [6.07, 6.45) is 2.68. The van der Waals surface area contributed by atoms with E-state index < -0.39 is 0 Å². The second kappa shape index (κ2) is 3.74. The first-order valence-electron chi connectivity index (χ1n) is 6.25. The van der Waals surface area contributed by atoms with Gasteiger partial charge in [-0.15, -0.1) is 0 Å². The van der Waals surface area contributed by atoms with Crippen molar-refractivity contribution in [1.29, 1.82) is 0 Å². The third kappa shape index (κ3) is 2.21. The molecule has 0 N–H and O–H groups in total. The van der Waals surface area contributed by atoms with Crippen LogP contribution in [0.3, 0.4) is 0 Å². The van der Waals surface area contributed by atoms with E-state index >= 15 is 0 Å². The number of rotatable bonds is 1. The molecule has 0 radical (unpaired) electrons. The quantitative estimate of drug-likeness (QED) is 0.661. The van der Waals surface area contributed by atoms with E-state index in [-0.39, 0.29) is 0 Å². The minimum atomic E-state index is 0.403. The Morgan fingerprint density at radius 1 is 1.13 bits per heavy atom. The summed E-state index contributed by atoms with van der Waals surface area (Å²) in [6.45, 7) is 14.0. The molecule has 1 spiro atoms. The topological polar surface area (TPSA) is 12.5 Å². The van der Waals surface area contributed by atoms with Gasteiger partial charge in [0.25, 0.3) is 0 Å². The molecule has 2 saturated heterocycles. The molecule has 88 valence electrons. The summed E-state index contributed by atoms with van der Waals surface area (Å²) in [5.74, 6) is 0. The highest BCUT2D eigenvalue weighted by Gasteiger charge is 2.42. The normalized spacial score (nSPS) is 28.8.